The number of amides is 1. The average molecular weight is 356 g/mol. The third-order valence-corrected chi connectivity index (χ3v) is 6.79. The molecule has 25 heavy (non-hydrogen) atoms. The Morgan fingerprint density at radius 3 is 2.76 bits per heavy atom. The van der Waals surface area contributed by atoms with E-state index in [0.29, 0.717) is 12.5 Å². The van der Waals surface area contributed by atoms with E-state index in [-0.39, 0.29) is 24.0 Å². The van der Waals surface area contributed by atoms with Crippen LogP contribution in [0.3, 0.4) is 0 Å². The van der Waals surface area contributed by atoms with Crippen LogP contribution >= 0.6 is 11.3 Å². The standard InChI is InChI=1S/C21H25NO2S/c23-15-21(12-16-4-2-1-3-5-16)13-18-7-8-19(21)22(18)20(24)9-6-17-10-11-25-14-17/h1-5,10-11,14,18-19,23H,6-9,12-13,15H2/t18-,19+,21-/m0/s1. The minimum absolute atomic E-state index is 0.164. The van der Waals surface area contributed by atoms with Gasteiger partial charge in [0.1, 0.15) is 0 Å². The van der Waals surface area contributed by atoms with Crippen LogP contribution in [0, 0.1) is 5.41 Å². The molecule has 0 aliphatic carbocycles. The smallest absolute Gasteiger partial charge is 0.223 e. The first kappa shape index (κ1) is 16.8. The summed E-state index contributed by atoms with van der Waals surface area (Å²) in [7, 11) is 0. The molecule has 3 heterocycles. The van der Waals surface area contributed by atoms with Crippen LogP contribution in [0.2, 0.25) is 0 Å². The normalized spacial score (nSPS) is 27.8. The highest BCUT2D eigenvalue weighted by molar-refractivity contribution is 7.07. The molecule has 2 saturated heterocycles. The molecule has 1 amide bonds. The number of nitrogens with zero attached hydrogens (tertiary/aromatic N) is 1. The van der Waals surface area contributed by atoms with Gasteiger partial charge in [0.25, 0.3) is 0 Å². The van der Waals surface area contributed by atoms with Crippen molar-refractivity contribution < 1.29 is 9.90 Å². The topological polar surface area (TPSA) is 40.5 Å². The molecule has 2 bridgehead atoms. The summed E-state index contributed by atoms with van der Waals surface area (Å²) in [6, 6.07) is 13.0. The van der Waals surface area contributed by atoms with E-state index < -0.39 is 0 Å². The van der Waals surface area contributed by atoms with Gasteiger partial charge >= 0.3 is 0 Å². The lowest BCUT2D eigenvalue weighted by molar-refractivity contribution is -0.133. The SMILES string of the molecule is O=C(CCc1ccsc1)N1[C@H]2CC[C@@H]1[C@@](CO)(Cc1ccccc1)C2. The van der Waals surface area contributed by atoms with E-state index in [1.54, 1.807) is 11.3 Å². The molecule has 2 aliphatic heterocycles. The molecule has 132 valence electrons. The molecule has 1 aromatic heterocycles. The lowest BCUT2D eigenvalue weighted by Crippen LogP contribution is -2.44. The third-order valence-electron chi connectivity index (χ3n) is 6.06. The minimum atomic E-state index is -0.164. The van der Waals surface area contributed by atoms with E-state index in [0.717, 1.165) is 32.1 Å². The van der Waals surface area contributed by atoms with E-state index in [9.17, 15) is 9.90 Å². The summed E-state index contributed by atoms with van der Waals surface area (Å²) in [6.45, 7) is 0.164. The summed E-state index contributed by atoms with van der Waals surface area (Å²) in [4.78, 5) is 15.0. The van der Waals surface area contributed by atoms with Gasteiger partial charge in [-0.3, -0.25) is 4.79 Å². The number of carbonyl (C=O) groups excluding carboxylic acids is 1. The molecule has 2 aliphatic rings. The van der Waals surface area contributed by atoms with Crippen LogP contribution in [0.15, 0.2) is 47.2 Å². The number of fused-ring (bicyclic) bond motifs is 2. The lowest BCUT2D eigenvalue weighted by atomic mass is 9.70. The molecule has 3 atom stereocenters. The molecule has 1 N–H and O–H groups in total. The number of thiophene rings is 1. The lowest BCUT2D eigenvalue weighted by Gasteiger charge is -2.36. The Morgan fingerprint density at radius 1 is 1.20 bits per heavy atom. The highest BCUT2D eigenvalue weighted by Crippen LogP contribution is 2.51. The number of aliphatic hydroxyl groups is 1. The van der Waals surface area contributed by atoms with Crippen molar-refractivity contribution in [1.29, 1.82) is 0 Å². The van der Waals surface area contributed by atoms with Crippen LogP contribution in [0.1, 0.15) is 36.8 Å². The van der Waals surface area contributed by atoms with Gasteiger partial charge in [0.05, 0.1) is 6.61 Å². The molecule has 4 rings (SSSR count). The van der Waals surface area contributed by atoms with Gasteiger partial charge < -0.3 is 10.0 Å². The summed E-state index contributed by atoms with van der Waals surface area (Å²) in [5, 5.41) is 14.4. The maximum atomic E-state index is 12.9. The molecular weight excluding hydrogens is 330 g/mol. The molecule has 0 radical (unpaired) electrons. The molecule has 0 unspecified atom stereocenters. The number of benzene rings is 1. The maximum absolute atomic E-state index is 12.9. The van der Waals surface area contributed by atoms with Gasteiger partial charge in [-0.2, -0.15) is 11.3 Å². The number of hydrogen-bond donors (Lipinski definition) is 1. The third kappa shape index (κ3) is 3.13. The predicted octanol–water partition coefficient (Wildman–Crippen LogP) is 3.67. The summed E-state index contributed by atoms with van der Waals surface area (Å²) in [5.74, 6) is 0.266. The Balaban J connectivity index is 1.48. The largest absolute Gasteiger partial charge is 0.396 e. The first-order valence-corrected chi connectivity index (χ1v) is 10.1. The van der Waals surface area contributed by atoms with Crippen molar-refractivity contribution in [1.82, 2.24) is 4.90 Å². The van der Waals surface area contributed by atoms with E-state index >= 15 is 0 Å². The van der Waals surface area contributed by atoms with Crippen LogP contribution in [-0.4, -0.2) is 34.6 Å². The Kier molecular flexibility index (Phi) is 4.65. The maximum Gasteiger partial charge on any atom is 0.223 e. The summed E-state index contributed by atoms with van der Waals surface area (Å²) in [6.07, 6.45) is 5.32. The van der Waals surface area contributed by atoms with Gasteiger partial charge in [-0.05, 0) is 60.1 Å². The second kappa shape index (κ2) is 6.93. The number of aryl methyl sites for hydroxylation is 1. The number of aliphatic hydroxyl groups excluding tert-OH is 1. The summed E-state index contributed by atoms with van der Waals surface area (Å²) < 4.78 is 0. The zero-order valence-electron chi connectivity index (χ0n) is 14.4. The predicted molar refractivity (Wildman–Crippen MR) is 101 cm³/mol. The molecule has 1 aromatic carbocycles. The summed E-state index contributed by atoms with van der Waals surface area (Å²) in [5.41, 5.74) is 2.35. The molecule has 3 nitrogen and oxygen atoms in total. The van der Waals surface area contributed by atoms with E-state index in [4.69, 9.17) is 0 Å². The fourth-order valence-electron chi connectivity index (χ4n) is 4.90. The van der Waals surface area contributed by atoms with Crippen LogP contribution in [-0.2, 0) is 17.6 Å². The number of hydrogen-bond acceptors (Lipinski definition) is 3. The van der Waals surface area contributed by atoms with Gasteiger partial charge in [0.15, 0.2) is 0 Å². The minimum Gasteiger partial charge on any atom is -0.396 e. The van der Waals surface area contributed by atoms with Crippen molar-refractivity contribution >= 4 is 17.2 Å². The van der Waals surface area contributed by atoms with E-state index in [1.807, 2.05) is 6.07 Å². The van der Waals surface area contributed by atoms with Crippen LogP contribution in [0.25, 0.3) is 0 Å². The van der Waals surface area contributed by atoms with E-state index in [1.165, 1.54) is 11.1 Å². The van der Waals surface area contributed by atoms with Gasteiger partial charge in [-0.15, -0.1) is 0 Å². The Labute approximate surface area is 153 Å². The van der Waals surface area contributed by atoms with Crippen molar-refractivity contribution in [3.63, 3.8) is 0 Å². The van der Waals surface area contributed by atoms with Crippen molar-refractivity contribution in [3.8, 4) is 0 Å². The Bertz CT molecular complexity index is 715. The molecule has 0 spiro atoms. The monoisotopic (exact) mass is 355 g/mol. The molecule has 2 aromatic rings. The van der Waals surface area contributed by atoms with Crippen molar-refractivity contribution in [3.05, 3.63) is 58.3 Å². The zero-order chi connectivity index (χ0) is 17.3. The molecule has 2 fully saturated rings. The van der Waals surface area contributed by atoms with Crippen LogP contribution in [0.5, 0.6) is 0 Å². The molecular formula is C21H25NO2S. The Morgan fingerprint density at radius 2 is 2.04 bits per heavy atom. The quantitative estimate of drug-likeness (QED) is 0.859. The van der Waals surface area contributed by atoms with Crippen LogP contribution in [0.4, 0.5) is 0 Å². The first-order chi connectivity index (χ1) is 12.2. The summed E-state index contributed by atoms with van der Waals surface area (Å²) >= 11 is 1.68. The zero-order valence-corrected chi connectivity index (χ0v) is 15.3. The number of carbonyl (C=O) groups is 1. The Hall–Kier alpha value is -1.65. The van der Waals surface area contributed by atoms with Crippen molar-refractivity contribution in [2.75, 3.05) is 6.61 Å². The number of rotatable bonds is 6. The molecule has 4 heteroatoms. The van der Waals surface area contributed by atoms with Gasteiger partial charge in [0.2, 0.25) is 5.91 Å². The average Bonchev–Trinajstić information content (AvgIpc) is 3.36. The molecule has 0 saturated carbocycles. The first-order valence-electron chi connectivity index (χ1n) is 9.19. The fourth-order valence-corrected chi connectivity index (χ4v) is 5.60. The van der Waals surface area contributed by atoms with Crippen LogP contribution < -0.4 is 0 Å². The second-order valence-corrected chi connectivity index (χ2v) is 8.35. The second-order valence-electron chi connectivity index (χ2n) is 7.57. The fraction of sp³-hybridized carbons (Fsp3) is 0.476. The highest BCUT2D eigenvalue weighted by atomic mass is 32.1. The highest BCUT2D eigenvalue weighted by Gasteiger charge is 2.56. The van der Waals surface area contributed by atoms with Gasteiger partial charge in [0, 0.05) is 23.9 Å². The van der Waals surface area contributed by atoms with Gasteiger partial charge in [-0.1, -0.05) is 30.3 Å². The van der Waals surface area contributed by atoms with Gasteiger partial charge in [-0.25, -0.2) is 0 Å². The van der Waals surface area contributed by atoms with E-state index in [2.05, 4.69) is 46.0 Å². The van der Waals surface area contributed by atoms with Crippen molar-refractivity contribution in [2.45, 2.75) is 50.6 Å². The van der Waals surface area contributed by atoms with Crippen molar-refractivity contribution in [2.24, 2.45) is 5.41 Å².